The zero-order chi connectivity index (χ0) is 6.12. The van der Waals surface area contributed by atoms with Crippen molar-refractivity contribution in [2.24, 2.45) is 0 Å². The Morgan fingerprint density at radius 1 is 1.43 bits per heavy atom. The first-order valence-corrected chi connectivity index (χ1v) is 4.65. The highest BCUT2D eigenvalue weighted by atomic mass is 28.1. The number of hydrogen-bond donors (Lipinski definition) is 0. The smallest absolute Gasteiger partial charge is 0.000585 e. The lowest BCUT2D eigenvalue weighted by Crippen LogP contribution is -1.33. The summed E-state index contributed by atoms with van der Waals surface area (Å²) in [6.45, 7) is 7.56. The summed E-state index contributed by atoms with van der Waals surface area (Å²) < 4.78 is 0. The molecule has 0 aliphatic heterocycles. The van der Waals surface area contributed by atoms with E-state index in [-0.39, 0.29) is 0 Å². The Labute approximate surface area is 49.4 Å². The molecule has 0 radical (unpaired) electrons. The Kier molecular flexibility index (Phi) is 24.3. The highest BCUT2D eigenvalue weighted by Crippen LogP contribution is 1.64. The zero-order valence-electron chi connectivity index (χ0n) is 5.44. The molecule has 42 valence electrons. The summed E-state index contributed by atoms with van der Waals surface area (Å²) in [5.74, 6) is 0. The monoisotopic (exact) mass is 114 g/mol. The minimum atomic E-state index is 1.31. The Morgan fingerprint density at radius 2 is 1.86 bits per heavy atom. The standard InChI is InChI=1S/C5H8.CH6Si/c1-3-5-4-2;1-2/h3-5H,1H2,2H3;1-2H3. The summed E-state index contributed by atoms with van der Waals surface area (Å²) in [7, 11) is 1.31. The highest BCUT2D eigenvalue weighted by molar-refractivity contribution is 6.05. The fourth-order valence-corrected chi connectivity index (χ4v) is 0.136. The van der Waals surface area contributed by atoms with Crippen LogP contribution >= 0.6 is 0 Å². The molecule has 0 aromatic heterocycles. The predicted octanol–water partition coefficient (Wildman–Crippen LogP) is 1.15. The van der Waals surface area contributed by atoms with E-state index in [4.69, 9.17) is 0 Å². The SMILES string of the molecule is C=CC=CC.C[SiH3]. The summed E-state index contributed by atoms with van der Waals surface area (Å²) >= 11 is 0. The molecule has 0 rings (SSSR count). The summed E-state index contributed by atoms with van der Waals surface area (Å²) in [6.07, 6.45) is 5.58. The second-order valence-electron chi connectivity index (χ2n) is 0.761. The molecule has 0 aliphatic carbocycles. The Hall–Kier alpha value is -0.303. The average molecular weight is 114 g/mol. The van der Waals surface area contributed by atoms with Crippen LogP contribution < -0.4 is 0 Å². The van der Waals surface area contributed by atoms with Gasteiger partial charge in [-0.3, -0.25) is 0 Å². The fourth-order valence-electron chi connectivity index (χ4n) is 0.136. The van der Waals surface area contributed by atoms with Crippen molar-refractivity contribution in [1.82, 2.24) is 0 Å². The van der Waals surface area contributed by atoms with Crippen molar-refractivity contribution < 1.29 is 0 Å². The van der Waals surface area contributed by atoms with Gasteiger partial charge in [-0.15, -0.1) is 0 Å². The van der Waals surface area contributed by atoms with Gasteiger partial charge in [0, 0.05) is 0 Å². The van der Waals surface area contributed by atoms with Crippen molar-refractivity contribution in [3.8, 4) is 0 Å². The topological polar surface area (TPSA) is 0 Å². The lowest BCUT2D eigenvalue weighted by Gasteiger charge is -1.56. The molecule has 0 nitrogen and oxygen atoms in total. The number of rotatable bonds is 1. The van der Waals surface area contributed by atoms with Crippen LogP contribution in [0.2, 0.25) is 6.55 Å². The van der Waals surface area contributed by atoms with Gasteiger partial charge >= 0.3 is 0 Å². The van der Waals surface area contributed by atoms with Crippen molar-refractivity contribution in [3.63, 3.8) is 0 Å². The molecule has 7 heavy (non-hydrogen) atoms. The van der Waals surface area contributed by atoms with Crippen molar-refractivity contribution >= 4 is 10.2 Å². The third-order valence-electron chi connectivity index (χ3n) is 0.329. The lowest BCUT2D eigenvalue weighted by molar-refractivity contribution is 1.74. The summed E-state index contributed by atoms with van der Waals surface area (Å²) in [5.41, 5.74) is 0. The molecule has 0 atom stereocenters. The van der Waals surface area contributed by atoms with Gasteiger partial charge in [0.1, 0.15) is 0 Å². The maximum Gasteiger partial charge on any atom is -0.000585 e. The Morgan fingerprint density at radius 3 is 1.86 bits per heavy atom. The van der Waals surface area contributed by atoms with E-state index in [2.05, 4.69) is 13.1 Å². The molecule has 0 aliphatic rings. The molecule has 1 heteroatoms. The van der Waals surface area contributed by atoms with Crippen LogP contribution in [-0.2, 0) is 0 Å². The van der Waals surface area contributed by atoms with E-state index in [0.29, 0.717) is 0 Å². The van der Waals surface area contributed by atoms with E-state index in [9.17, 15) is 0 Å². The molecule has 0 aromatic rings. The maximum absolute atomic E-state index is 3.46. The first-order chi connectivity index (χ1) is 3.41. The minimum absolute atomic E-state index is 1.31. The van der Waals surface area contributed by atoms with Crippen molar-refractivity contribution in [1.29, 1.82) is 0 Å². The van der Waals surface area contributed by atoms with E-state index in [1.165, 1.54) is 10.2 Å². The largest absolute Gasteiger partial charge is 0.0991 e. The highest BCUT2D eigenvalue weighted by Gasteiger charge is 1.42. The third kappa shape index (κ3) is 27.0. The summed E-state index contributed by atoms with van der Waals surface area (Å²) in [6, 6.07) is 0. The van der Waals surface area contributed by atoms with Crippen LogP contribution in [0, 0.1) is 0 Å². The van der Waals surface area contributed by atoms with Crippen molar-refractivity contribution in [2.45, 2.75) is 13.5 Å². The van der Waals surface area contributed by atoms with Gasteiger partial charge in [0.05, 0.1) is 0 Å². The van der Waals surface area contributed by atoms with Gasteiger partial charge in [-0.1, -0.05) is 31.4 Å². The fraction of sp³-hybridized carbons (Fsp3) is 0.333. The molecule has 0 fully saturated rings. The Bertz CT molecular complexity index is 46.1. The van der Waals surface area contributed by atoms with E-state index >= 15 is 0 Å². The molecule has 0 amide bonds. The van der Waals surface area contributed by atoms with Crippen LogP contribution in [0.15, 0.2) is 24.8 Å². The van der Waals surface area contributed by atoms with Gasteiger partial charge in [-0.05, 0) is 17.2 Å². The molecule has 0 saturated heterocycles. The van der Waals surface area contributed by atoms with Gasteiger partial charge in [0.2, 0.25) is 0 Å². The van der Waals surface area contributed by atoms with Crippen LogP contribution in [0.25, 0.3) is 0 Å². The molecular weight excluding hydrogens is 100 g/mol. The van der Waals surface area contributed by atoms with E-state index in [0.717, 1.165) is 0 Å². The van der Waals surface area contributed by atoms with E-state index < -0.39 is 0 Å². The molecule has 0 bridgehead atoms. The van der Waals surface area contributed by atoms with Crippen molar-refractivity contribution in [2.75, 3.05) is 0 Å². The maximum atomic E-state index is 3.46. The molecule has 0 N–H and O–H groups in total. The zero-order valence-corrected chi connectivity index (χ0v) is 7.44. The lowest BCUT2D eigenvalue weighted by atomic mass is 10.5. The van der Waals surface area contributed by atoms with Crippen LogP contribution in [0.5, 0.6) is 0 Å². The van der Waals surface area contributed by atoms with E-state index in [1.807, 2.05) is 19.1 Å². The summed E-state index contributed by atoms with van der Waals surface area (Å²) in [4.78, 5) is 0. The van der Waals surface area contributed by atoms with Crippen LogP contribution in [0.4, 0.5) is 0 Å². The molecule has 0 saturated carbocycles. The second-order valence-corrected chi connectivity index (χ2v) is 0.761. The van der Waals surface area contributed by atoms with Crippen molar-refractivity contribution in [3.05, 3.63) is 24.8 Å². The first-order valence-electron chi connectivity index (χ1n) is 2.65. The molecule has 0 aromatic carbocycles. The molecule has 0 spiro atoms. The van der Waals surface area contributed by atoms with Crippen LogP contribution in [0.3, 0.4) is 0 Å². The minimum Gasteiger partial charge on any atom is -0.0991 e. The van der Waals surface area contributed by atoms with Gasteiger partial charge in [0.15, 0.2) is 0 Å². The van der Waals surface area contributed by atoms with Gasteiger partial charge in [-0.2, -0.15) is 0 Å². The number of hydrogen-bond acceptors (Lipinski definition) is 0. The molecule has 0 heterocycles. The second kappa shape index (κ2) is 17.3. The van der Waals surface area contributed by atoms with Gasteiger partial charge in [0.25, 0.3) is 0 Å². The average Bonchev–Trinajstić information content (AvgIpc) is 1.75. The van der Waals surface area contributed by atoms with Crippen LogP contribution in [-0.4, -0.2) is 10.2 Å². The summed E-state index contributed by atoms with van der Waals surface area (Å²) in [5, 5.41) is 0. The number of allylic oxidation sites excluding steroid dienone is 3. The third-order valence-corrected chi connectivity index (χ3v) is 0.329. The molecular formula is C6H14Si. The predicted molar refractivity (Wildman–Crippen MR) is 40.8 cm³/mol. The van der Waals surface area contributed by atoms with Gasteiger partial charge in [-0.25, -0.2) is 0 Å². The van der Waals surface area contributed by atoms with E-state index in [1.54, 1.807) is 6.08 Å². The normalized spacial score (nSPS) is 7.71. The first kappa shape index (κ1) is 9.85. The van der Waals surface area contributed by atoms with Gasteiger partial charge < -0.3 is 0 Å². The quantitative estimate of drug-likeness (QED) is 0.354. The van der Waals surface area contributed by atoms with Crippen LogP contribution in [0.1, 0.15) is 6.92 Å². The molecule has 0 unspecified atom stereocenters. The Balaban J connectivity index is 0.